The van der Waals surface area contributed by atoms with Crippen LogP contribution in [0.2, 0.25) is 0 Å². The Morgan fingerprint density at radius 2 is 1.93 bits per heavy atom. The number of aromatic nitrogens is 2. The maximum absolute atomic E-state index is 12.9. The third-order valence-corrected chi connectivity index (χ3v) is 5.52. The van der Waals surface area contributed by atoms with E-state index in [1.54, 1.807) is 6.33 Å². The first-order valence-corrected chi connectivity index (χ1v) is 10.5. The summed E-state index contributed by atoms with van der Waals surface area (Å²) in [5.74, 6) is 1.58. The van der Waals surface area contributed by atoms with E-state index in [-0.39, 0.29) is 5.91 Å². The van der Waals surface area contributed by atoms with Crippen LogP contribution in [0.4, 0.5) is 5.82 Å². The van der Waals surface area contributed by atoms with E-state index in [0.29, 0.717) is 12.3 Å². The van der Waals surface area contributed by atoms with E-state index >= 15 is 0 Å². The van der Waals surface area contributed by atoms with E-state index in [4.69, 9.17) is 0 Å². The number of likely N-dealkylation sites (N-methyl/N-ethyl adjacent to an activating group) is 1. The molecule has 0 bridgehead atoms. The van der Waals surface area contributed by atoms with Crippen LogP contribution in [0.5, 0.6) is 0 Å². The normalized spacial score (nSPS) is 17.8. The monoisotopic (exact) mass is 395 g/mol. The molecule has 29 heavy (non-hydrogen) atoms. The van der Waals surface area contributed by atoms with Gasteiger partial charge in [0.05, 0.1) is 0 Å². The SMILES string of the molecule is CN1CCN(C(=O)CCCc2ccccc2)CC(Cc2cc(N(C)C)ncn2)C1. The zero-order chi connectivity index (χ0) is 20.6. The molecule has 0 aliphatic carbocycles. The van der Waals surface area contributed by atoms with Crippen LogP contribution < -0.4 is 4.90 Å². The molecule has 1 aromatic heterocycles. The summed E-state index contributed by atoms with van der Waals surface area (Å²) in [6, 6.07) is 12.5. The van der Waals surface area contributed by atoms with E-state index in [9.17, 15) is 4.79 Å². The maximum atomic E-state index is 12.9. The summed E-state index contributed by atoms with van der Waals surface area (Å²) < 4.78 is 0. The van der Waals surface area contributed by atoms with E-state index in [1.165, 1.54) is 5.56 Å². The van der Waals surface area contributed by atoms with Gasteiger partial charge < -0.3 is 14.7 Å². The Balaban J connectivity index is 1.57. The van der Waals surface area contributed by atoms with Crippen LogP contribution in [0, 0.1) is 5.92 Å². The molecule has 1 amide bonds. The zero-order valence-electron chi connectivity index (χ0n) is 17.9. The number of carbonyl (C=O) groups is 1. The lowest BCUT2D eigenvalue weighted by Gasteiger charge is -2.24. The van der Waals surface area contributed by atoms with Crippen LogP contribution in [0.3, 0.4) is 0 Å². The van der Waals surface area contributed by atoms with Crippen molar-refractivity contribution >= 4 is 11.7 Å². The fraction of sp³-hybridized carbons (Fsp3) is 0.522. The molecule has 1 aliphatic heterocycles. The van der Waals surface area contributed by atoms with Crippen LogP contribution in [-0.2, 0) is 17.6 Å². The second kappa shape index (κ2) is 10.3. The fourth-order valence-corrected chi connectivity index (χ4v) is 3.92. The summed E-state index contributed by atoms with van der Waals surface area (Å²) in [6.07, 6.45) is 4.97. The molecule has 1 atom stereocenters. The molecule has 1 aromatic carbocycles. The minimum absolute atomic E-state index is 0.276. The van der Waals surface area contributed by atoms with Crippen molar-refractivity contribution in [3.63, 3.8) is 0 Å². The smallest absolute Gasteiger partial charge is 0.222 e. The maximum Gasteiger partial charge on any atom is 0.222 e. The summed E-state index contributed by atoms with van der Waals surface area (Å²) in [5.41, 5.74) is 2.34. The molecule has 1 unspecified atom stereocenters. The number of hydrogen-bond donors (Lipinski definition) is 0. The van der Waals surface area contributed by atoms with E-state index in [1.807, 2.05) is 25.1 Å². The number of nitrogens with zero attached hydrogens (tertiary/aromatic N) is 5. The first-order chi connectivity index (χ1) is 14.0. The molecule has 2 aromatic rings. The molecular weight excluding hydrogens is 362 g/mol. The van der Waals surface area contributed by atoms with Crippen LogP contribution in [-0.4, -0.2) is 73.0 Å². The van der Waals surface area contributed by atoms with Gasteiger partial charge in [0.2, 0.25) is 5.91 Å². The van der Waals surface area contributed by atoms with Crippen LogP contribution in [0.25, 0.3) is 0 Å². The fourth-order valence-electron chi connectivity index (χ4n) is 3.92. The van der Waals surface area contributed by atoms with Crippen molar-refractivity contribution in [2.24, 2.45) is 5.92 Å². The van der Waals surface area contributed by atoms with Gasteiger partial charge >= 0.3 is 0 Å². The Morgan fingerprint density at radius 3 is 2.69 bits per heavy atom. The second-order valence-corrected chi connectivity index (χ2v) is 8.27. The molecule has 0 radical (unpaired) electrons. The molecule has 1 aliphatic rings. The predicted octanol–water partition coefficient (Wildman–Crippen LogP) is 2.50. The van der Waals surface area contributed by atoms with Crippen molar-refractivity contribution in [1.82, 2.24) is 19.8 Å². The van der Waals surface area contributed by atoms with Gasteiger partial charge in [-0.2, -0.15) is 0 Å². The average Bonchev–Trinajstić information content (AvgIpc) is 2.90. The van der Waals surface area contributed by atoms with Crippen molar-refractivity contribution < 1.29 is 4.79 Å². The van der Waals surface area contributed by atoms with Crippen molar-refractivity contribution in [3.8, 4) is 0 Å². The topological polar surface area (TPSA) is 52.6 Å². The molecule has 1 saturated heterocycles. The van der Waals surface area contributed by atoms with Gasteiger partial charge in [0.25, 0.3) is 0 Å². The van der Waals surface area contributed by atoms with Crippen molar-refractivity contribution in [1.29, 1.82) is 0 Å². The number of rotatable bonds is 7. The van der Waals surface area contributed by atoms with Gasteiger partial charge in [0.15, 0.2) is 0 Å². The number of benzene rings is 1. The van der Waals surface area contributed by atoms with E-state index in [0.717, 1.165) is 57.0 Å². The summed E-state index contributed by atoms with van der Waals surface area (Å²) in [4.78, 5) is 28.0. The Hall–Kier alpha value is -2.47. The third-order valence-electron chi connectivity index (χ3n) is 5.52. The van der Waals surface area contributed by atoms with Gasteiger partial charge in [-0.3, -0.25) is 4.79 Å². The molecule has 3 rings (SSSR count). The number of carbonyl (C=O) groups excluding carboxylic acids is 1. The van der Waals surface area contributed by atoms with Gasteiger partial charge in [0.1, 0.15) is 12.1 Å². The van der Waals surface area contributed by atoms with Crippen molar-refractivity contribution in [3.05, 3.63) is 54.0 Å². The molecule has 6 heteroatoms. The Morgan fingerprint density at radius 1 is 1.14 bits per heavy atom. The molecule has 2 heterocycles. The molecule has 0 spiro atoms. The van der Waals surface area contributed by atoms with Crippen LogP contribution in [0.1, 0.15) is 24.1 Å². The van der Waals surface area contributed by atoms with Gasteiger partial charge in [-0.1, -0.05) is 30.3 Å². The number of amides is 1. The molecule has 0 saturated carbocycles. The molecule has 1 fully saturated rings. The van der Waals surface area contributed by atoms with Crippen LogP contribution in [0.15, 0.2) is 42.7 Å². The number of hydrogen-bond acceptors (Lipinski definition) is 5. The number of aryl methyl sites for hydroxylation is 1. The van der Waals surface area contributed by atoms with Gasteiger partial charge in [-0.25, -0.2) is 9.97 Å². The predicted molar refractivity (Wildman–Crippen MR) is 117 cm³/mol. The third kappa shape index (κ3) is 6.53. The van der Waals surface area contributed by atoms with Crippen LogP contribution >= 0.6 is 0 Å². The highest BCUT2D eigenvalue weighted by atomic mass is 16.2. The highest BCUT2D eigenvalue weighted by Gasteiger charge is 2.24. The molecule has 6 nitrogen and oxygen atoms in total. The van der Waals surface area contributed by atoms with Crippen molar-refractivity contribution in [2.75, 3.05) is 52.2 Å². The van der Waals surface area contributed by atoms with Gasteiger partial charge in [-0.05, 0) is 37.8 Å². The lowest BCUT2D eigenvalue weighted by atomic mass is 10.0. The minimum atomic E-state index is 0.276. The first-order valence-electron chi connectivity index (χ1n) is 10.5. The molecule has 0 N–H and O–H groups in total. The number of anilines is 1. The molecule has 156 valence electrons. The average molecular weight is 396 g/mol. The highest BCUT2D eigenvalue weighted by Crippen LogP contribution is 2.17. The Kier molecular flexibility index (Phi) is 7.58. The highest BCUT2D eigenvalue weighted by molar-refractivity contribution is 5.76. The minimum Gasteiger partial charge on any atom is -0.363 e. The summed E-state index contributed by atoms with van der Waals surface area (Å²) in [7, 11) is 6.12. The Labute approximate surface area is 174 Å². The largest absolute Gasteiger partial charge is 0.363 e. The lowest BCUT2D eigenvalue weighted by molar-refractivity contribution is -0.131. The Bertz CT molecular complexity index is 780. The first kappa shape index (κ1) is 21.2. The van der Waals surface area contributed by atoms with Gasteiger partial charge in [-0.15, -0.1) is 0 Å². The zero-order valence-corrected chi connectivity index (χ0v) is 17.9. The van der Waals surface area contributed by atoms with E-state index < -0.39 is 0 Å². The van der Waals surface area contributed by atoms with Gasteiger partial charge in [0, 0.05) is 58.5 Å². The second-order valence-electron chi connectivity index (χ2n) is 8.27. The summed E-state index contributed by atoms with van der Waals surface area (Å²) in [6.45, 7) is 3.52. The quantitative estimate of drug-likeness (QED) is 0.721. The van der Waals surface area contributed by atoms with Crippen molar-refractivity contribution in [2.45, 2.75) is 25.7 Å². The standard InChI is InChI=1S/C23H33N5O/c1-26(2)22-15-21(24-18-25-22)14-20-16-27(3)12-13-28(17-20)23(29)11-7-10-19-8-5-4-6-9-19/h4-6,8-9,15,18,20H,7,10-14,16-17H2,1-3H3. The van der Waals surface area contributed by atoms with E-state index in [2.05, 4.69) is 57.1 Å². The summed E-state index contributed by atoms with van der Waals surface area (Å²) in [5, 5.41) is 0. The molecular formula is C23H33N5O. The lowest BCUT2D eigenvalue weighted by Crippen LogP contribution is -2.36. The summed E-state index contributed by atoms with van der Waals surface area (Å²) >= 11 is 0.